The number of fused-ring (bicyclic) bond motifs is 1. The number of carbonyl (C=O) groups is 1. The lowest BCUT2D eigenvalue weighted by Gasteiger charge is -2.25. The summed E-state index contributed by atoms with van der Waals surface area (Å²) in [6.07, 6.45) is -3.77. The highest BCUT2D eigenvalue weighted by molar-refractivity contribution is 5.93. The Hall–Kier alpha value is -2.48. The zero-order valence-electron chi connectivity index (χ0n) is 16.1. The van der Waals surface area contributed by atoms with Crippen molar-refractivity contribution in [2.75, 3.05) is 19.4 Å². The number of nitrogens with one attached hydrogen (secondary N) is 1. The Bertz CT molecular complexity index is 880. The third kappa shape index (κ3) is 4.67. The van der Waals surface area contributed by atoms with Crippen molar-refractivity contribution >= 4 is 11.6 Å². The summed E-state index contributed by atoms with van der Waals surface area (Å²) >= 11 is 0. The molecule has 1 aliphatic rings. The average molecular weight is 392 g/mol. The van der Waals surface area contributed by atoms with Gasteiger partial charge in [-0.05, 0) is 58.0 Å². The van der Waals surface area contributed by atoms with Gasteiger partial charge in [0.25, 0.3) is 0 Å². The molecule has 1 unspecified atom stereocenters. The van der Waals surface area contributed by atoms with Gasteiger partial charge in [0.2, 0.25) is 5.91 Å². The third-order valence-corrected chi connectivity index (χ3v) is 4.72. The highest BCUT2D eigenvalue weighted by Crippen LogP contribution is 2.36. The predicted molar refractivity (Wildman–Crippen MR) is 99.7 cm³/mol. The van der Waals surface area contributed by atoms with Gasteiger partial charge in [-0.3, -0.25) is 4.79 Å². The Morgan fingerprint density at radius 2 is 2.04 bits per heavy atom. The molecule has 0 bridgehead atoms. The van der Waals surface area contributed by atoms with Gasteiger partial charge in [0.1, 0.15) is 5.82 Å². The number of hydrogen-bond acceptors (Lipinski definition) is 4. The molecule has 0 saturated heterocycles. The van der Waals surface area contributed by atoms with Crippen LogP contribution in [0.5, 0.6) is 0 Å². The summed E-state index contributed by atoms with van der Waals surface area (Å²) in [6, 6.07) is 7.47. The van der Waals surface area contributed by atoms with Crippen LogP contribution in [0.15, 0.2) is 24.3 Å². The van der Waals surface area contributed by atoms with E-state index in [9.17, 15) is 18.0 Å². The topological polar surface area (TPSA) is 58.1 Å². The number of aryl methyl sites for hydroxylation is 2. The Morgan fingerprint density at radius 1 is 1.29 bits per heavy atom. The van der Waals surface area contributed by atoms with Crippen LogP contribution >= 0.6 is 0 Å². The molecule has 1 aromatic carbocycles. The fraction of sp³-hybridized carbons (Fsp3) is 0.450. The largest absolute Gasteiger partial charge is 0.433 e. The molecule has 3 rings (SSSR count). The van der Waals surface area contributed by atoms with Gasteiger partial charge < -0.3 is 10.2 Å². The summed E-state index contributed by atoms with van der Waals surface area (Å²) in [5.74, 6) is -0.717. The standard InChI is InChI=1S/C20H23F3N4O/c1-12-24-17-8-7-14(10-16(17)18(25-12)20(21,22)23)19(28)26-15-6-4-5-13(9-15)11-27(2)3/h4-6,9,14H,7-8,10-11H2,1-3H3,(H,26,28). The molecule has 0 fully saturated rings. The van der Waals surface area contributed by atoms with Crippen LogP contribution in [0, 0.1) is 12.8 Å². The number of alkyl halides is 3. The summed E-state index contributed by atoms with van der Waals surface area (Å²) < 4.78 is 40.2. The fourth-order valence-corrected chi connectivity index (χ4v) is 3.55. The fourth-order valence-electron chi connectivity index (χ4n) is 3.55. The van der Waals surface area contributed by atoms with E-state index < -0.39 is 17.8 Å². The second-order valence-corrected chi connectivity index (χ2v) is 7.41. The first-order valence-electron chi connectivity index (χ1n) is 9.11. The Morgan fingerprint density at radius 3 is 2.71 bits per heavy atom. The normalized spacial score (nSPS) is 16.8. The molecule has 2 aromatic rings. The summed E-state index contributed by atoms with van der Waals surface area (Å²) in [6.45, 7) is 2.18. The van der Waals surface area contributed by atoms with E-state index in [0.29, 0.717) is 24.2 Å². The van der Waals surface area contributed by atoms with Gasteiger partial charge in [0.15, 0.2) is 5.69 Å². The highest BCUT2D eigenvalue weighted by Gasteiger charge is 2.39. The number of aromatic nitrogens is 2. The van der Waals surface area contributed by atoms with Crippen LogP contribution in [0.1, 0.15) is 34.8 Å². The van der Waals surface area contributed by atoms with Crippen LogP contribution in [0.2, 0.25) is 0 Å². The summed E-state index contributed by atoms with van der Waals surface area (Å²) in [4.78, 5) is 22.5. The van der Waals surface area contributed by atoms with Crippen LogP contribution < -0.4 is 5.32 Å². The molecule has 1 amide bonds. The van der Waals surface area contributed by atoms with Gasteiger partial charge in [-0.1, -0.05) is 12.1 Å². The predicted octanol–water partition coefficient (Wildman–Crippen LogP) is 3.61. The van der Waals surface area contributed by atoms with E-state index in [-0.39, 0.29) is 23.7 Å². The zero-order chi connectivity index (χ0) is 20.5. The minimum Gasteiger partial charge on any atom is -0.326 e. The summed E-state index contributed by atoms with van der Waals surface area (Å²) in [5.41, 5.74) is 1.22. The van der Waals surface area contributed by atoms with Gasteiger partial charge in [0.05, 0.1) is 0 Å². The Kier molecular flexibility index (Phi) is 5.69. The van der Waals surface area contributed by atoms with Crippen molar-refractivity contribution in [3.8, 4) is 0 Å². The first kappa shape index (κ1) is 20.3. The van der Waals surface area contributed by atoms with E-state index in [2.05, 4.69) is 15.3 Å². The number of carbonyl (C=O) groups excluding carboxylic acids is 1. The molecule has 150 valence electrons. The van der Waals surface area contributed by atoms with Gasteiger partial charge in [-0.15, -0.1) is 0 Å². The second-order valence-electron chi connectivity index (χ2n) is 7.41. The maximum atomic E-state index is 13.4. The van der Waals surface area contributed by atoms with E-state index in [4.69, 9.17) is 0 Å². The smallest absolute Gasteiger partial charge is 0.326 e. The molecule has 1 atom stereocenters. The molecule has 0 spiro atoms. The quantitative estimate of drug-likeness (QED) is 0.864. The van der Waals surface area contributed by atoms with Crippen LogP contribution in [0.3, 0.4) is 0 Å². The van der Waals surface area contributed by atoms with Gasteiger partial charge in [0, 0.05) is 29.4 Å². The molecular weight excluding hydrogens is 369 g/mol. The van der Waals surface area contributed by atoms with Crippen LogP contribution in [0.4, 0.5) is 18.9 Å². The van der Waals surface area contributed by atoms with Crippen molar-refractivity contribution < 1.29 is 18.0 Å². The number of halogens is 3. The van der Waals surface area contributed by atoms with Gasteiger partial charge >= 0.3 is 6.18 Å². The first-order valence-corrected chi connectivity index (χ1v) is 9.11. The lowest BCUT2D eigenvalue weighted by molar-refractivity contribution is -0.142. The van der Waals surface area contributed by atoms with Crippen molar-refractivity contribution in [1.82, 2.24) is 14.9 Å². The SMILES string of the molecule is Cc1nc2c(c(C(F)(F)F)n1)CC(C(=O)Nc1cccc(CN(C)C)c1)CC2. The molecule has 8 heteroatoms. The zero-order valence-corrected chi connectivity index (χ0v) is 16.1. The molecular formula is C20H23F3N4O. The maximum Gasteiger partial charge on any atom is 0.433 e. The third-order valence-electron chi connectivity index (χ3n) is 4.72. The summed E-state index contributed by atoms with van der Waals surface area (Å²) in [7, 11) is 3.90. The molecule has 1 N–H and O–H groups in total. The number of nitrogens with zero attached hydrogens (tertiary/aromatic N) is 3. The number of rotatable bonds is 4. The molecule has 0 saturated carbocycles. The van der Waals surface area contributed by atoms with Crippen molar-refractivity contribution in [2.45, 2.75) is 38.9 Å². The average Bonchev–Trinajstić information content (AvgIpc) is 2.59. The molecule has 1 aliphatic carbocycles. The van der Waals surface area contributed by atoms with E-state index in [1.165, 1.54) is 6.92 Å². The van der Waals surface area contributed by atoms with Crippen LogP contribution in [0.25, 0.3) is 0 Å². The van der Waals surface area contributed by atoms with E-state index in [1.54, 1.807) is 6.07 Å². The van der Waals surface area contributed by atoms with Crippen molar-refractivity contribution in [1.29, 1.82) is 0 Å². The highest BCUT2D eigenvalue weighted by atomic mass is 19.4. The minimum atomic E-state index is -4.56. The maximum absolute atomic E-state index is 13.4. The number of benzene rings is 1. The monoisotopic (exact) mass is 392 g/mol. The first-order chi connectivity index (χ1) is 13.1. The molecule has 28 heavy (non-hydrogen) atoms. The summed E-state index contributed by atoms with van der Waals surface area (Å²) in [5, 5.41) is 2.85. The Labute approximate surface area is 162 Å². The van der Waals surface area contributed by atoms with Gasteiger partial charge in [-0.2, -0.15) is 13.2 Å². The molecule has 0 aliphatic heterocycles. The van der Waals surface area contributed by atoms with Crippen molar-refractivity contribution in [3.63, 3.8) is 0 Å². The van der Waals surface area contributed by atoms with E-state index >= 15 is 0 Å². The number of amides is 1. The Balaban J connectivity index is 1.78. The molecule has 1 heterocycles. The van der Waals surface area contributed by atoms with Crippen molar-refractivity contribution in [2.24, 2.45) is 5.92 Å². The molecule has 1 aromatic heterocycles. The molecule has 5 nitrogen and oxygen atoms in total. The second kappa shape index (κ2) is 7.87. The van der Waals surface area contributed by atoms with Crippen molar-refractivity contribution in [3.05, 3.63) is 52.6 Å². The number of hydrogen-bond donors (Lipinski definition) is 1. The van der Waals surface area contributed by atoms with E-state index in [1.807, 2.05) is 37.2 Å². The minimum absolute atomic E-state index is 0.00627. The lowest BCUT2D eigenvalue weighted by atomic mass is 9.85. The van der Waals surface area contributed by atoms with Gasteiger partial charge in [-0.25, -0.2) is 9.97 Å². The lowest BCUT2D eigenvalue weighted by Crippen LogP contribution is -2.31. The van der Waals surface area contributed by atoms with Crippen LogP contribution in [-0.4, -0.2) is 34.9 Å². The number of anilines is 1. The van der Waals surface area contributed by atoms with E-state index in [0.717, 1.165) is 12.1 Å². The molecule has 0 radical (unpaired) electrons. The van der Waals surface area contributed by atoms with Crippen LogP contribution in [-0.2, 0) is 30.4 Å².